The molecule has 4 nitrogen and oxygen atoms in total. The normalized spacial score (nSPS) is 22.4. The SMILES string of the molecule is COC1CCCC(Oc2cc(CO)nc3ccccc23)C1. The second kappa shape index (κ2) is 6.41. The van der Waals surface area contributed by atoms with Crippen molar-refractivity contribution in [3.05, 3.63) is 36.0 Å². The van der Waals surface area contributed by atoms with E-state index in [0.717, 1.165) is 42.3 Å². The first kappa shape index (κ1) is 14.3. The summed E-state index contributed by atoms with van der Waals surface area (Å²) in [6.07, 6.45) is 4.65. The van der Waals surface area contributed by atoms with Crippen molar-refractivity contribution in [2.24, 2.45) is 0 Å². The van der Waals surface area contributed by atoms with Gasteiger partial charge in [0.2, 0.25) is 0 Å². The van der Waals surface area contributed by atoms with Crippen LogP contribution >= 0.6 is 0 Å². The number of methoxy groups -OCH3 is 1. The summed E-state index contributed by atoms with van der Waals surface area (Å²) in [4.78, 5) is 4.42. The summed E-state index contributed by atoms with van der Waals surface area (Å²) < 4.78 is 11.7. The molecule has 1 aliphatic rings. The standard InChI is InChI=1S/C17H21NO3/c1-20-13-5-4-6-14(10-13)21-17-9-12(11-19)18-16-8-3-2-7-15(16)17/h2-3,7-9,13-14,19H,4-6,10-11H2,1H3. The van der Waals surface area contributed by atoms with Crippen molar-refractivity contribution in [2.75, 3.05) is 7.11 Å². The van der Waals surface area contributed by atoms with E-state index in [9.17, 15) is 5.11 Å². The van der Waals surface area contributed by atoms with E-state index in [2.05, 4.69) is 4.98 Å². The average Bonchev–Trinajstić information content (AvgIpc) is 2.55. The van der Waals surface area contributed by atoms with Crippen molar-refractivity contribution in [3.63, 3.8) is 0 Å². The molecule has 1 aliphatic carbocycles. The van der Waals surface area contributed by atoms with Crippen LogP contribution < -0.4 is 4.74 Å². The summed E-state index contributed by atoms with van der Waals surface area (Å²) in [5.74, 6) is 0.811. The second-order valence-electron chi connectivity index (χ2n) is 5.55. The Labute approximate surface area is 124 Å². The van der Waals surface area contributed by atoms with E-state index >= 15 is 0 Å². The van der Waals surface area contributed by atoms with Gasteiger partial charge in [0.25, 0.3) is 0 Å². The third-order valence-corrected chi connectivity index (χ3v) is 4.10. The Hall–Kier alpha value is -1.65. The number of pyridine rings is 1. The highest BCUT2D eigenvalue weighted by Crippen LogP contribution is 2.30. The molecule has 1 aromatic carbocycles. The topological polar surface area (TPSA) is 51.6 Å². The molecule has 0 spiro atoms. The molecule has 2 unspecified atom stereocenters. The van der Waals surface area contributed by atoms with Gasteiger partial charge in [-0.2, -0.15) is 0 Å². The van der Waals surface area contributed by atoms with Crippen molar-refractivity contribution in [1.29, 1.82) is 0 Å². The largest absolute Gasteiger partial charge is 0.490 e. The van der Waals surface area contributed by atoms with E-state index in [4.69, 9.17) is 9.47 Å². The first-order valence-electron chi connectivity index (χ1n) is 7.49. The molecule has 1 heterocycles. The lowest BCUT2D eigenvalue weighted by Crippen LogP contribution is -2.29. The molecule has 4 heteroatoms. The number of fused-ring (bicyclic) bond motifs is 1. The fourth-order valence-corrected chi connectivity index (χ4v) is 2.98. The van der Waals surface area contributed by atoms with Gasteiger partial charge in [-0.05, 0) is 31.4 Å². The zero-order valence-electron chi connectivity index (χ0n) is 12.3. The third kappa shape index (κ3) is 3.17. The first-order valence-corrected chi connectivity index (χ1v) is 7.49. The molecule has 2 aromatic rings. The smallest absolute Gasteiger partial charge is 0.131 e. The summed E-state index contributed by atoms with van der Waals surface area (Å²) in [7, 11) is 1.76. The molecule has 1 aromatic heterocycles. The van der Waals surface area contributed by atoms with E-state index in [0.29, 0.717) is 5.69 Å². The lowest BCUT2D eigenvalue weighted by Gasteiger charge is -2.29. The lowest BCUT2D eigenvalue weighted by molar-refractivity contribution is 0.0214. The van der Waals surface area contributed by atoms with E-state index in [1.54, 1.807) is 7.11 Å². The van der Waals surface area contributed by atoms with Crippen LogP contribution in [0.3, 0.4) is 0 Å². The molecule has 0 aliphatic heterocycles. The predicted molar refractivity (Wildman–Crippen MR) is 81.3 cm³/mol. The van der Waals surface area contributed by atoms with Gasteiger partial charge in [-0.1, -0.05) is 12.1 Å². The van der Waals surface area contributed by atoms with Crippen molar-refractivity contribution in [1.82, 2.24) is 4.98 Å². The van der Waals surface area contributed by atoms with E-state index < -0.39 is 0 Å². The number of hydrogen-bond acceptors (Lipinski definition) is 4. The van der Waals surface area contributed by atoms with Crippen LogP contribution in [0, 0.1) is 0 Å². The fraction of sp³-hybridized carbons (Fsp3) is 0.471. The molecule has 1 N–H and O–H groups in total. The Morgan fingerprint density at radius 2 is 2.05 bits per heavy atom. The molecule has 3 rings (SSSR count). The summed E-state index contributed by atoms with van der Waals surface area (Å²) >= 11 is 0. The fourth-order valence-electron chi connectivity index (χ4n) is 2.98. The van der Waals surface area contributed by atoms with Crippen LogP contribution in [0.2, 0.25) is 0 Å². The number of nitrogens with zero attached hydrogens (tertiary/aromatic N) is 1. The highest BCUT2D eigenvalue weighted by molar-refractivity contribution is 5.85. The maximum Gasteiger partial charge on any atom is 0.131 e. The molecule has 0 radical (unpaired) electrons. The number of aliphatic hydroxyl groups is 1. The summed E-state index contributed by atoms with van der Waals surface area (Å²) in [6, 6.07) is 9.73. The molecule has 1 fully saturated rings. The van der Waals surface area contributed by atoms with Crippen LogP contribution in [0.15, 0.2) is 30.3 Å². The minimum atomic E-state index is -0.0768. The van der Waals surface area contributed by atoms with Gasteiger partial charge in [-0.3, -0.25) is 4.98 Å². The number of aliphatic hydroxyl groups excluding tert-OH is 1. The van der Waals surface area contributed by atoms with Gasteiger partial charge < -0.3 is 14.6 Å². The third-order valence-electron chi connectivity index (χ3n) is 4.10. The quantitative estimate of drug-likeness (QED) is 0.939. The highest BCUT2D eigenvalue weighted by Gasteiger charge is 2.23. The van der Waals surface area contributed by atoms with Gasteiger partial charge in [0.15, 0.2) is 0 Å². The van der Waals surface area contributed by atoms with Crippen molar-refractivity contribution >= 4 is 10.9 Å². The Morgan fingerprint density at radius 3 is 2.86 bits per heavy atom. The monoisotopic (exact) mass is 287 g/mol. The molecule has 1 saturated carbocycles. The predicted octanol–water partition coefficient (Wildman–Crippen LogP) is 3.06. The maximum atomic E-state index is 9.37. The van der Waals surface area contributed by atoms with Crippen molar-refractivity contribution in [2.45, 2.75) is 44.5 Å². The zero-order valence-corrected chi connectivity index (χ0v) is 12.3. The van der Waals surface area contributed by atoms with Crippen molar-refractivity contribution in [3.8, 4) is 5.75 Å². The van der Waals surface area contributed by atoms with Gasteiger partial charge in [0.05, 0.1) is 23.9 Å². The molecular formula is C17H21NO3. The number of rotatable bonds is 4. The van der Waals surface area contributed by atoms with Crippen LogP contribution in [0.5, 0.6) is 5.75 Å². The molecule has 0 amide bonds. The molecule has 2 atom stereocenters. The number of benzene rings is 1. The maximum absolute atomic E-state index is 9.37. The number of hydrogen-bond donors (Lipinski definition) is 1. The molecule has 0 saturated heterocycles. The van der Waals surface area contributed by atoms with Gasteiger partial charge in [-0.15, -0.1) is 0 Å². The average molecular weight is 287 g/mol. The second-order valence-corrected chi connectivity index (χ2v) is 5.55. The molecule has 21 heavy (non-hydrogen) atoms. The van der Waals surface area contributed by atoms with Gasteiger partial charge >= 0.3 is 0 Å². The molecule has 0 bridgehead atoms. The van der Waals surface area contributed by atoms with Crippen LogP contribution in [0.4, 0.5) is 0 Å². The zero-order chi connectivity index (χ0) is 14.7. The minimum Gasteiger partial charge on any atom is -0.490 e. The van der Waals surface area contributed by atoms with Crippen LogP contribution in [0.1, 0.15) is 31.4 Å². The van der Waals surface area contributed by atoms with E-state index in [1.807, 2.05) is 30.3 Å². The molecular weight excluding hydrogens is 266 g/mol. The van der Waals surface area contributed by atoms with Crippen LogP contribution in [0.25, 0.3) is 10.9 Å². The van der Waals surface area contributed by atoms with Gasteiger partial charge in [0, 0.05) is 25.0 Å². The lowest BCUT2D eigenvalue weighted by atomic mass is 9.95. The number of para-hydroxylation sites is 1. The Morgan fingerprint density at radius 1 is 1.24 bits per heavy atom. The van der Waals surface area contributed by atoms with Crippen LogP contribution in [-0.2, 0) is 11.3 Å². The van der Waals surface area contributed by atoms with Gasteiger partial charge in [-0.25, -0.2) is 0 Å². The number of ether oxygens (including phenoxy) is 2. The highest BCUT2D eigenvalue weighted by atomic mass is 16.5. The van der Waals surface area contributed by atoms with E-state index in [-0.39, 0.29) is 18.8 Å². The molecule has 112 valence electrons. The van der Waals surface area contributed by atoms with E-state index in [1.165, 1.54) is 0 Å². The summed E-state index contributed by atoms with van der Waals surface area (Å²) in [5.41, 5.74) is 1.50. The first-order chi connectivity index (χ1) is 10.3. The summed E-state index contributed by atoms with van der Waals surface area (Å²) in [6.45, 7) is -0.0768. The Kier molecular flexibility index (Phi) is 4.36. The van der Waals surface area contributed by atoms with Crippen LogP contribution in [-0.4, -0.2) is 29.4 Å². The minimum absolute atomic E-state index is 0.0768. The van der Waals surface area contributed by atoms with Crippen molar-refractivity contribution < 1.29 is 14.6 Å². The van der Waals surface area contributed by atoms with Gasteiger partial charge in [0.1, 0.15) is 11.9 Å². The number of aromatic nitrogens is 1. The summed E-state index contributed by atoms with van der Waals surface area (Å²) in [5, 5.41) is 10.4. The Balaban J connectivity index is 1.88. The Bertz CT molecular complexity index is 614.